The molecular formula is C26H33N7O2. The monoisotopic (exact) mass is 475 g/mol. The maximum absolute atomic E-state index is 6.03. The van der Waals surface area contributed by atoms with Crippen LogP contribution in [-0.4, -0.2) is 48.6 Å². The fraction of sp³-hybridized carbons (Fsp3) is 0.423. The first-order chi connectivity index (χ1) is 17.1. The molecule has 0 atom stereocenters. The summed E-state index contributed by atoms with van der Waals surface area (Å²) < 4.78 is 14.0. The van der Waals surface area contributed by atoms with Crippen LogP contribution < -0.4 is 0 Å². The lowest BCUT2D eigenvalue weighted by Gasteiger charge is -2.29. The van der Waals surface area contributed by atoms with Crippen molar-refractivity contribution in [2.24, 2.45) is 0 Å². The van der Waals surface area contributed by atoms with Crippen LogP contribution in [0.1, 0.15) is 57.7 Å². The fourth-order valence-corrected chi connectivity index (χ4v) is 4.26. The Labute approximate surface area is 205 Å². The zero-order valence-electron chi connectivity index (χ0n) is 20.9. The predicted octanol–water partition coefficient (Wildman–Crippen LogP) is 4.76. The van der Waals surface area contributed by atoms with Crippen molar-refractivity contribution in [1.29, 1.82) is 0 Å². The summed E-state index contributed by atoms with van der Waals surface area (Å²) in [5, 5.41) is 19.2. The molecule has 184 valence electrons. The van der Waals surface area contributed by atoms with Gasteiger partial charge in [0.15, 0.2) is 5.82 Å². The van der Waals surface area contributed by atoms with Crippen molar-refractivity contribution in [2.75, 3.05) is 13.2 Å². The third-order valence-corrected chi connectivity index (χ3v) is 5.90. The number of H-pyrrole nitrogens is 1. The van der Waals surface area contributed by atoms with Crippen molar-refractivity contribution in [3.05, 3.63) is 65.7 Å². The molecule has 0 amide bonds. The first kappa shape index (κ1) is 24.7. The van der Waals surface area contributed by atoms with Gasteiger partial charge in [-0.25, -0.2) is 14.8 Å². The Balaban J connectivity index is 1.62. The van der Waals surface area contributed by atoms with E-state index in [9.17, 15) is 0 Å². The molecule has 0 saturated carbocycles. The number of hydrogen-bond donors (Lipinski definition) is 1. The Bertz CT molecular complexity index is 1200. The van der Waals surface area contributed by atoms with Gasteiger partial charge < -0.3 is 9.47 Å². The van der Waals surface area contributed by atoms with E-state index in [1.807, 2.05) is 43.7 Å². The summed E-state index contributed by atoms with van der Waals surface area (Å²) in [5.41, 5.74) is 4.27. The van der Waals surface area contributed by atoms with E-state index >= 15 is 0 Å². The van der Waals surface area contributed by atoms with Crippen LogP contribution in [0.15, 0.2) is 48.5 Å². The van der Waals surface area contributed by atoms with Gasteiger partial charge in [-0.05, 0) is 47.4 Å². The Kier molecular flexibility index (Phi) is 7.99. The minimum Gasteiger partial charge on any atom is -0.344 e. The normalized spacial score (nSPS) is 11.8. The van der Waals surface area contributed by atoms with Gasteiger partial charge in [0.05, 0.1) is 0 Å². The number of aromatic amines is 1. The van der Waals surface area contributed by atoms with Gasteiger partial charge in [-0.2, -0.15) is 5.10 Å². The number of tetrazole rings is 1. The highest BCUT2D eigenvalue weighted by atomic mass is 16.7. The van der Waals surface area contributed by atoms with Crippen molar-refractivity contribution in [1.82, 2.24) is 35.4 Å². The molecule has 2 heterocycles. The number of benzene rings is 2. The second kappa shape index (κ2) is 11.3. The predicted molar refractivity (Wildman–Crippen MR) is 133 cm³/mol. The standard InChI is InChI=1S/C26H33N7O2/c1-5-17-33-23(27-25(30-33)26(6-2,34-7-3)35-8-4)18-19-13-15-20(16-14-19)21-11-9-10-12-22(21)24-28-31-32-29-24/h9-16H,5-8,17-18H2,1-4H3,(H,28,29,31,32). The quantitative estimate of drug-likeness (QED) is 0.295. The number of hydrogen-bond acceptors (Lipinski definition) is 7. The number of aromatic nitrogens is 7. The van der Waals surface area contributed by atoms with Crippen LogP contribution in [0.4, 0.5) is 0 Å². The molecule has 2 aromatic heterocycles. The molecule has 0 aliphatic heterocycles. The van der Waals surface area contributed by atoms with Crippen LogP contribution in [0.3, 0.4) is 0 Å². The van der Waals surface area contributed by atoms with E-state index < -0.39 is 5.79 Å². The molecule has 0 aliphatic carbocycles. The third kappa shape index (κ3) is 5.31. The van der Waals surface area contributed by atoms with E-state index in [1.165, 1.54) is 0 Å². The van der Waals surface area contributed by atoms with Crippen molar-refractivity contribution in [2.45, 2.75) is 59.3 Å². The van der Waals surface area contributed by atoms with Crippen molar-refractivity contribution < 1.29 is 9.47 Å². The van der Waals surface area contributed by atoms with Crippen LogP contribution >= 0.6 is 0 Å². The number of rotatable bonds is 12. The lowest BCUT2D eigenvalue weighted by atomic mass is 9.98. The third-order valence-electron chi connectivity index (χ3n) is 5.90. The van der Waals surface area contributed by atoms with Crippen LogP contribution in [-0.2, 0) is 28.2 Å². The molecule has 9 heteroatoms. The molecule has 0 fully saturated rings. The highest BCUT2D eigenvalue weighted by molar-refractivity contribution is 5.80. The summed E-state index contributed by atoms with van der Waals surface area (Å²) in [6.07, 6.45) is 2.27. The Morgan fingerprint density at radius 2 is 1.63 bits per heavy atom. The second-order valence-electron chi connectivity index (χ2n) is 8.22. The molecule has 0 radical (unpaired) electrons. The maximum Gasteiger partial charge on any atom is 0.231 e. The fourth-order valence-electron chi connectivity index (χ4n) is 4.26. The molecule has 35 heavy (non-hydrogen) atoms. The summed E-state index contributed by atoms with van der Waals surface area (Å²) in [6.45, 7) is 9.95. The van der Waals surface area contributed by atoms with Gasteiger partial charge in [0.1, 0.15) is 5.82 Å². The lowest BCUT2D eigenvalue weighted by Crippen LogP contribution is -2.34. The second-order valence-corrected chi connectivity index (χ2v) is 8.22. The van der Waals surface area contributed by atoms with E-state index in [0.717, 1.165) is 41.0 Å². The Hall–Kier alpha value is -3.43. The zero-order chi connectivity index (χ0) is 24.7. The number of nitrogens with zero attached hydrogens (tertiary/aromatic N) is 6. The molecule has 4 aromatic rings. The molecular weight excluding hydrogens is 442 g/mol. The summed E-state index contributed by atoms with van der Waals surface area (Å²) in [7, 11) is 0. The van der Waals surface area contributed by atoms with E-state index in [2.05, 4.69) is 57.9 Å². The molecule has 4 rings (SSSR count). The molecule has 0 aliphatic rings. The molecule has 0 unspecified atom stereocenters. The average Bonchev–Trinajstić information content (AvgIpc) is 3.56. The SMILES string of the molecule is CCCn1nc(C(CC)(OCC)OCC)nc1Cc1ccc(-c2ccccc2-c2nnn[nH]2)cc1. The minimum atomic E-state index is -0.916. The topological polar surface area (TPSA) is 104 Å². The summed E-state index contributed by atoms with van der Waals surface area (Å²) in [4.78, 5) is 4.91. The van der Waals surface area contributed by atoms with E-state index in [0.29, 0.717) is 37.7 Å². The molecule has 9 nitrogen and oxygen atoms in total. The number of ether oxygens (including phenoxy) is 2. The Morgan fingerprint density at radius 3 is 2.23 bits per heavy atom. The van der Waals surface area contributed by atoms with Crippen molar-refractivity contribution in [3.63, 3.8) is 0 Å². The minimum absolute atomic E-state index is 0.526. The number of aryl methyl sites for hydroxylation is 1. The van der Waals surface area contributed by atoms with Crippen LogP contribution in [0.2, 0.25) is 0 Å². The first-order valence-corrected chi connectivity index (χ1v) is 12.3. The largest absolute Gasteiger partial charge is 0.344 e. The van der Waals surface area contributed by atoms with Gasteiger partial charge in [0, 0.05) is 38.2 Å². The van der Waals surface area contributed by atoms with Crippen molar-refractivity contribution in [3.8, 4) is 22.5 Å². The molecule has 0 spiro atoms. The van der Waals surface area contributed by atoms with Crippen LogP contribution in [0.5, 0.6) is 0 Å². The lowest BCUT2D eigenvalue weighted by molar-refractivity contribution is -0.249. The maximum atomic E-state index is 6.03. The highest BCUT2D eigenvalue weighted by Gasteiger charge is 2.37. The first-order valence-electron chi connectivity index (χ1n) is 12.3. The van der Waals surface area contributed by atoms with Crippen LogP contribution in [0.25, 0.3) is 22.5 Å². The number of nitrogens with one attached hydrogen (secondary N) is 1. The molecule has 0 bridgehead atoms. The summed E-state index contributed by atoms with van der Waals surface area (Å²) in [6, 6.07) is 16.6. The molecule has 1 N–H and O–H groups in total. The molecule has 2 aromatic carbocycles. The highest BCUT2D eigenvalue weighted by Crippen LogP contribution is 2.31. The Morgan fingerprint density at radius 1 is 0.914 bits per heavy atom. The van der Waals surface area contributed by atoms with Gasteiger partial charge in [0.2, 0.25) is 11.6 Å². The van der Waals surface area contributed by atoms with Crippen LogP contribution in [0, 0.1) is 0 Å². The van der Waals surface area contributed by atoms with Gasteiger partial charge in [0.25, 0.3) is 0 Å². The summed E-state index contributed by atoms with van der Waals surface area (Å²) >= 11 is 0. The summed E-state index contributed by atoms with van der Waals surface area (Å²) in [5.74, 6) is 1.23. The van der Waals surface area contributed by atoms with Gasteiger partial charge in [-0.3, -0.25) is 0 Å². The average molecular weight is 476 g/mol. The van der Waals surface area contributed by atoms with E-state index in [-0.39, 0.29) is 0 Å². The van der Waals surface area contributed by atoms with Gasteiger partial charge in [-0.15, -0.1) is 5.10 Å². The zero-order valence-corrected chi connectivity index (χ0v) is 20.9. The van der Waals surface area contributed by atoms with Gasteiger partial charge >= 0.3 is 0 Å². The molecule has 0 saturated heterocycles. The van der Waals surface area contributed by atoms with Crippen molar-refractivity contribution >= 4 is 0 Å². The smallest absolute Gasteiger partial charge is 0.231 e. The van der Waals surface area contributed by atoms with E-state index in [1.54, 1.807) is 0 Å². The van der Waals surface area contributed by atoms with Gasteiger partial charge in [-0.1, -0.05) is 62.4 Å². The van der Waals surface area contributed by atoms with E-state index in [4.69, 9.17) is 19.6 Å².